The van der Waals surface area contributed by atoms with E-state index >= 15 is 0 Å². The summed E-state index contributed by atoms with van der Waals surface area (Å²) in [6, 6.07) is 10.9. The molecule has 1 amide bonds. The van der Waals surface area contributed by atoms with Gasteiger partial charge < -0.3 is 14.4 Å². The van der Waals surface area contributed by atoms with Crippen LogP contribution >= 0.6 is 0 Å². The minimum atomic E-state index is -3.38. The largest absolute Gasteiger partial charge is 0.491 e. The van der Waals surface area contributed by atoms with Gasteiger partial charge in [-0.05, 0) is 41.5 Å². The van der Waals surface area contributed by atoms with Gasteiger partial charge in [-0.15, -0.1) is 0 Å². The molecule has 0 unspecified atom stereocenters. The number of carbonyl (C=O) groups is 1. The number of hydrogen-bond donors (Lipinski definition) is 0. The Balaban J connectivity index is 1.81. The topological polar surface area (TPSA) is 64.6 Å². The summed E-state index contributed by atoms with van der Waals surface area (Å²) in [4.78, 5) is 21.3. The third-order valence-electron chi connectivity index (χ3n) is 3.99. The molecule has 30 heavy (non-hydrogen) atoms. The first kappa shape index (κ1) is 13.6. The highest BCUT2D eigenvalue weighted by molar-refractivity contribution is 5.98. The highest BCUT2D eigenvalue weighted by Crippen LogP contribution is 2.31. The fourth-order valence-electron chi connectivity index (χ4n) is 2.72. The van der Waals surface area contributed by atoms with E-state index in [9.17, 15) is 13.6 Å². The van der Waals surface area contributed by atoms with Crippen LogP contribution in [0, 0.1) is 0 Å². The Morgan fingerprint density at radius 3 is 2.60 bits per heavy atom. The third-order valence-corrected chi connectivity index (χ3v) is 3.99. The molecule has 6 nitrogen and oxygen atoms in total. The predicted molar refractivity (Wildman–Crippen MR) is 105 cm³/mol. The van der Waals surface area contributed by atoms with Gasteiger partial charge in [-0.3, -0.25) is 4.79 Å². The summed E-state index contributed by atoms with van der Waals surface area (Å²) in [5.41, 5.74) is 0.520. The second-order valence-electron chi connectivity index (χ2n) is 6.29. The Labute approximate surface area is 180 Å². The molecule has 0 atom stereocenters. The number of benzene rings is 2. The maximum absolute atomic E-state index is 13.6. The van der Waals surface area contributed by atoms with E-state index in [-0.39, 0.29) is 22.0 Å². The van der Waals surface area contributed by atoms with E-state index in [0.717, 1.165) is 0 Å². The Hall–Kier alpha value is -3.55. The lowest BCUT2D eigenvalue weighted by molar-refractivity contribution is -0.158. The van der Waals surface area contributed by atoms with Crippen molar-refractivity contribution in [3.63, 3.8) is 0 Å². The molecule has 0 aliphatic carbocycles. The third kappa shape index (κ3) is 4.53. The summed E-state index contributed by atoms with van der Waals surface area (Å²) in [7, 11) is 0. The molecule has 154 valence electrons. The van der Waals surface area contributed by atoms with E-state index in [0.29, 0.717) is 18.1 Å². The molecule has 0 saturated carbocycles. The summed E-state index contributed by atoms with van der Waals surface area (Å²) in [5, 5.41) is 0. The van der Waals surface area contributed by atoms with Gasteiger partial charge >= 0.3 is 6.11 Å². The zero-order valence-corrected chi connectivity index (χ0v) is 15.6. The standard InChI is InChI=1S/C22H19F2N3O3/c1-22(23,24)30-17-6-3-15(4-7-17)16-5-8-19-18(13-16)21(28)27(11-12-29-19)14-20-25-9-2-10-26-20/h2-10,13H,11-12,14H2,1H3/i11D2,12D2,14D2. The number of aromatic nitrogens is 2. The van der Waals surface area contributed by atoms with Crippen molar-refractivity contribution in [3.8, 4) is 22.6 Å². The maximum Gasteiger partial charge on any atom is 0.394 e. The molecular formula is C22H19F2N3O3. The second kappa shape index (κ2) is 8.06. The van der Waals surface area contributed by atoms with Crippen molar-refractivity contribution in [1.29, 1.82) is 0 Å². The number of alkyl halides is 2. The van der Waals surface area contributed by atoms with E-state index in [1.807, 2.05) is 0 Å². The van der Waals surface area contributed by atoms with Gasteiger partial charge in [0.2, 0.25) is 0 Å². The maximum atomic E-state index is 13.6. The van der Waals surface area contributed by atoms with E-state index in [1.165, 1.54) is 60.9 Å². The summed E-state index contributed by atoms with van der Waals surface area (Å²) in [5.74, 6) is -2.17. The quantitative estimate of drug-likeness (QED) is 0.624. The number of ether oxygens (including phenoxy) is 2. The van der Waals surface area contributed by atoms with Gasteiger partial charge in [0, 0.05) is 19.3 Å². The van der Waals surface area contributed by atoms with Gasteiger partial charge in [-0.1, -0.05) is 18.2 Å². The van der Waals surface area contributed by atoms with Crippen molar-refractivity contribution in [1.82, 2.24) is 14.9 Å². The molecule has 0 saturated heterocycles. The monoisotopic (exact) mass is 417 g/mol. The van der Waals surface area contributed by atoms with Crippen LogP contribution in [0.5, 0.6) is 11.5 Å². The van der Waals surface area contributed by atoms with Gasteiger partial charge in [-0.25, -0.2) is 9.97 Å². The van der Waals surface area contributed by atoms with Gasteiger partial charge in [0.15, 0.2) is 0 Å². The van der Waals surface area contributed by atoms with Crippen LogP contribution in [0.2, 0.25) is 0 Å². The molecule has 1 aliphatic heterocycles. The highest BCUT2D eigenvalue weighted by atomic mass is 19.3. The summed E-state index contributed by atoms with van der Waals surface area (Å²) in [6.07, 6.45) is -0.966. The number of rotatable bonds is 5. The molecule has 1 aromatic heterocycles. The van der Waals surface area contributed by atoms with E-state index in [1.54, 1.807) is 0 Å². The van der Waals surface area contributed by atoms with E-state index < -0.39 is 37.4 Å². The summed E-state index contributed by atoms with van der Waals surface area (Å²) >= 11 is 0. The molecule has 8 heteroatoms. The fraction of sp³-hybridized carbons (Fsp3) is 0.227. The first-order valence-electron chi connectivity index (χ1n) is 11.8. The highest BCUT2D eigenvalue weighted by Gasteiger charge is 2.25. The lowest BCUT2D eigenvalue weighted by atomic mass is 10.0. The minimum Gasteiger partial charge on any atom is -0.491 e. The molecule has 3 aromatic rings. The SMILES string of the molecule is [2H]C([2H])(c1ncccn1)N1C(=O)c2cc(-c3ccc(OC(C)(F)F)cc3)ccc2OC([2H])([2H])C1([2H])[2H]. The smallest absolute Gasteiger partial charge is 0.394 e. The Morgan fingerprint density at radius 2 is 1.90 bits per heavy atom. The average molecular weight is 417 g/mol. The molecular weight excluding hydrogens is 392 g/mol. The zero-order valence-electron chi connectivity index (χ0n) is 21.6. The molecule has 0 spiro atoms. The lowest BCUT2D eigenvalue weighted by Gasteiger charge is -2.19. The molecule has 2 heterocycles. The molecule has 0 N–H and O–H groups in total. The van der Waals surface area contributed by atoms with E-state index in [4.69, 9.17) is 13.0 Å². The Morgan fingerprint density at radius 1 is 1.20 bits per heavy atom. The number of nitrogens with zero attached hydrogens (tertiary/aromatic N) is 3. The number of halogens is 2. The van der Waals surface area contributed by atoms with Crippen LogP contribution in [-0.4, -0.2) is 39.9 Å². The zero-order chi connectivity index (χ0) is 26.5. The second-order valence-corrected chi connectivity index (χ2v) is 6.29. The van der Waals surface area contributed by atoms with Crippen LogP contribution in [0.3, 0.4) is 0 Å². The summed E-state index contributed by atoms with van der Waals surface area (Å²) < 4.78 is 86.0. The van der Waals surface area contributed by atoms with Crippen molar-refractivity contribution in [2.75, 3.05) is 13.1 Å². The van der Waals surface area contributed by atoms with Crippen LogP contribution in [0.25, 0.3) is 11.1 Å². The van der Waals surface area contributed by atoms with Crippen LogP contribution in [0.15, 0.2) is 60.9 Å². The van der Waals surface area contributed by atoms with Gasteiger partial charge in [-0.2, -0.15) is 8.78 Å². The number of fused-ring (bicyclic) bond motifs is 1. The van der Waals surface area contributed by atoms with Crippen molar-refractivity contribution < 1.29 is 31.3 Å². The van der Waals surface area contributed by atoms with Gasteiger partial charge in [0.1, 0.15) is 23.9 Å². The normalized spacial score (nSPS) is 20.8. The summed E-state index contributed by atoms with van der Waals surface area (Å²) in [6.45, 7) is -8.83. The molecule has 0 bridgehead atoms. The van der Waals surface area contributed by atoms with Crippen molar-refractivity contribution in [2.45, 2.75) is 19.5 Å². The minimum absolute atomic E-state index is 0.0885. The predicted octanol–water partition coefficient (Wildman–Crippen LogP) is 4.17. The van der Waals surface area contributed by atoms with Crippen molar-refractivity contribution >= 4 is 5.91 Å². The van der Waals surface area contributed by atoms with Crippen LogP contribution < -0.4 is 9.47 Å². The van der Waals surface area contributed by atoms with Gasteiger partial charge in [0.05, 0.1) is 26.8 Å². The number of amides is 1. The lowest BCUT2D eigenvalue weighted by Crippen LogP contribution is -2.32. The van der Waals surface area contributed by atoms with Crippen LogP contribution in [-0.2, 0) is 6.50 Å². The molecule has 2 aromatic carbocycles. The van der Waals surface area contributed by atoms with Crippen LogP contribution in [0.1, 0.15) is 31.3 Å². The first-order valence-corrected chi connectivity index (χ1v) is 8.76. The first-order chi connectivity index (χ1) is 16.6. The number of carbonyl (C=O) groups excluding carboxylic acids is 1. The molecule has 0 radical (unpaired) electrons. The number of hydrogen-bond acceptors (Lipinski definition) is 5. The molecule has 0 fully saturated rings. The Bertz CT molecular complexity index is 1290. The Kier molecular flexibility index (Phi) is 3.66. The van der Waals surface area contributed by atoms with Crippen molar-refractivity contribution in [2.24, 2.45) is 0 Å². The van der Waals surface area contributed by atoms with E-state index in [2.05, 4.69) is 14.7 Å². The van der Waals surface area contributed by atoms with Crippen molar-refractivity contribution in [3.05, 3.63) is 72.3 Å². The molecule has 1 aliphatic rings. The van der Waals surface area contributed by atoms with Crippen LogP contribution in [0.4, 0.5) is 8.78 Å². The average Bonchev–Trinajstić information content (AvgIpc) is 2.84. The molecule has 4 rings (SSSR count). The van der Waals surface area contributed by atoms with Gasteiger partial charge in [0.25, 0.3) is 5.91 Å². The fourth-order valence-corrected chi connectivity index (χ4v) is 2.72.